The van der Waals surface area contributed by atoms with Crippen LogP contribution in [0.15, 0.2) is 18.2 Å². The van der Waals surface area contributed by atoms with Gasteiger partial charge in [0.2, 0.25) is 0 Å². The van der Waals surface area contributed by atoms with Gasteiger partial charge in [-0.3, -0.25) is 0 Å². The van der Waals surface area contributed by atoms with Crippen molar-refractivity contribution in [2.45, 2.75) is 45.3 Å². The van der Waals surface area contributed by atoms with Crippen LogP contribution in [-0.2, 0) is 4.74 Å². The zero-order chi connectivity index (χ0) is 14.9. The molecule has 0 aliphatic heterocycles. The summed E-state index contributed by atoms with van der Waals surface area (Å²) in [6, 6.07) is 4.16. The monoisotopic (exact) mass is 299 g/mol. The van der Waals surface area contributed by atoms with Gasteiger partial charge in [0.1, 0.15) is 11.4 Å². The second-order valence-electron chi connectivity index (χ2n) is 6.13. The van der Waals surface area contributed by atoms with Crippen LogP contribution >= 0.6 is 11.6 Å². The minimum Gasteiger partial charge on any atom is -0.444 e. The van der Waals surface area contributed by atoms with Crippen molar-refractivity contribution in [2.24, 2.45) is 5.92 Å². The third kappa shape index (κ3) is 4.10. The summed E-state index contributed by atoms with van der Waals surface area (Å²) in [4.78, 5) is 11.9. The Bertz CT molecular complexity index is 509. The third-order valence-corrected chi connectivity index (χ3v) is 3.30. The van der Waals surface area contributed by atoms with Gasteiger partial charge in [0.05, 0.1) is 6.04 Å². The predicted octanol–water partition coefficient (Wildman–Crippen LogP) is 4.45. The molecule has 0 bridgehead atoms. The van der Waals surface area contributed by atoms with Gasteiger partial charge in [0, 0.05) is 10.6 Å². The van der Waals surface area contributed by atoms with E-state index in [0.717, 1.165) is 12.8 Å². The van der Waals surface area contributed by atoms with Crippen molar-refractivity contribution in [3.63, 3.8) is 0 Å². The van der Waals surface area contributed by atoms with E-state index in [1.807, 2.05) is 0 Å². The van der Waals surface area contributed by atoms with Gasteiger partial charge >= 0.3 is 6.09 Å². The van der Waals surface area contributed by atoms with Gasteiger partial charge in [-0.15, -0.1) is 0 Å². The highest BCUT2D eigenvalue weighted by molar-refractivity contribution is 6.30. The highest BCUT2D eigenvalue weighted by Gasteiger charge is 2.35. The SMILES string of the molecule is CC(C)(C)OC(=O)NC(c1ccc(Cl)cc1F)C1CC1. The zero-order valence-corrected chi connectivity index (χ0v) is 12.6. The molecule has 110 valence electrons. The molecule has 0 radical (unpaired) electrons. The number of hydrogen-bond acceptors (Lipinski definition) is 2. The number of benzene rings is 1. The van der Waals surface area contributed by atoms with Crippen LogP contribution in [0.1, 0.15) is 45.2 Å². The summed E-state index contributed by atoms with van der Waals surface area (Å²) in [6.45, 7) is 5.38. The standard InChI is InChI=1S/C15H19ClFNO2/c1-15(2,3)20-14(19)18-13(9-4-5-9)11-7-6-10(16)8-12(11)17/h6-9,13H,4-5H2,1-3H3,(H,18,19). The molecule has 20 heavy (non-hydrogen) atoms. The molecular formula is C15H19ClFNO2. The van der Waals surface area contributed by atoms with E-state index in [2.05, 4.69) is 5.32 Å². The molecule has 1 fully saturated rings. The molecule has 1 aliphatic rings. The Labute approximate surface area is 123 Å². The lowest BCUT2D eigenvalue weighted by Gasteiger charge is -2.24. The van der Waals surface area contributed by atoms with Crippen LogP contribution in [0.5, 0.6) is 0 Å². The lowest BCUT2D eigenvalue weighted by Crippen LogP contribution is -2.36. The Morgan fingerprint density at radius 3 is 2.60 bits per heavy atom. The number of carbonyl (C=O) groups excluding carboxylic acids is 1. The molecule has 2 rings (SSSR count). The summed E-state index contributed by atoms with van der Waals surface area (Å²) < 4.78 is 19.2. The van der Waals surface area contributed by atoms with Crippen molar-refractivity contribution < 1.29 is 13.9 Å². The van der Waals surface area contributed by atoms with Crippen LogP contribution in [0.25, 0.3) is 0 Å². The lowest BCUT2D eigenvalue weighted by molar-refractivity contribution is 0.0496. The van der Waals surface area contributed by atoms with E-state index in [9.17, 15) is 9.18 Å². The van der Waals surface area contributed by atoms with E-state index in [4.69, 9.17) is 16.3 Å². The fourth-order valence-electron chi connectivity index (χ4n) is 2.07. The predicted molar refractivity (Wildman–Crippen MR) is 76.2 cm³/mol. The van der Waals surface area contributed by atoms with E-state index in [1.165, 1.54) is 6.07 Å². The molecule has 1 N–H and O–H groups in total. The molecule has 1 saturated carbocycles. The molecule has 1 aliphatic carbocycles. The molecule has 1 unspecified atom stereocenters. The number of alkyl carbamates (subject to hydrolysis) is 1. The molecule has 0 spiro atoms. The molecular weight excluding hydrogens is 281 g/mol. The van der Waals surface area contributed by atoms with Gasteiger partial charge in [-0.1, -0.05) is 17.7 Å². The van der Waals surface area contributed by atoms with Crippen molar-refractivity contribution >= 4 is 17.7 Å². The first-order chi connectivity index (χ1) is 9.26. The van der Waals surface area contributed by atoms with Crippen LogP contribution in [-0.4, -0.2) is 11.7 Å². The third-order valence-electron chi connectivity index (χ3n) is 3.06. The first-order valence-corrected chi connectivity index (χ1v) is 7.08. The number of nitrogens with one attached hydrogen (secondary N) is 1. The van der Waals surface area contributed by atoms with Crippen molar-refractivity contribution in [1.29, 1.82) is 0 Å². The van der Waals surface area contributed by atoms with E-state index >= 15 is 0 Å². The average Bonchev–Trinajstić information content (AvgIpc) is 3.07. The average molecular weight is 300 g/mol. The number of hydrogen-bond donors (Lipinski definition) is 1. The van der Waals surface area contributed by atoms with Crippen LogP contribution in [0.4, 0.5) is 9.18 Å². The van der Waals surface area contributed by atoms with Crippen LogP contribution in [0, 0.1) is 11.7 Å². The Morgan fingerprint density at radius 1 is 1.45 bits per heavy atom. The van der Waals surface area contributed by atoms with Crippen molar-refractivity contribution in [2.75, 3.05) is 0 Å². The zero-order valence-electron chi connectivity index (χ0n) is 11.9. The smallest absolute Gasteiger partial charge is 0.408 e. The van der Waals surface area contributed by atoms with E-state index < -0.39 is 17.5 Å². The molecule has 1 aromatic carbocycles. The maximum Gasteiger partial charge on any atom is 0.408 e. The van der Waals surface area contributed by atoms with Crippen molar-refractivity contribution in [3.05, 3.63) is 34.6 Å². The second kappa shape index (κ2) is 5.60. The Morgan fingerprint density at radius 2 is 2.10 bits per heavy atom. The Kier molecular flexibility index (Phi) is 4.23. The number of carbonyl (C=O) groups is 1. The summed E-state index contributed by atoms with van der Waals surface area (Å²) >= 11 is 5.76. The van der Waals surface area contributed by atoms with E-state index in [-0.39, 0.29) is 12.0 Å². The maximum atomic E-state index is 14.0. The normalized spacial score (nSPS) is 16.6. The number of halogens is 2. The van der Waals surface area contributed by atoms with Gasteiger partial charge in [-0.25, -0.2) is 9.18 Å². The number of amides is 1. The summed E-state index contributed by atoms with van der Waals surface area (Å²) in [7, 11) is 0. The topological polar surface area (TPSA) is 38.3 Å². The Hall–Kier alpha value is -1.29. The van der Waals surface area contributed by atoms with Gasteiger partial charge in [-0.2, -0.15) is 0 Å². The van der Waals surface area contributed by atoms with Crippen molar-refractivity contribution in [3.8, 4) is 0 Å². The summed E-state index contributed by atoms with van der Waals surface area (Å²) in [6.07, 6.45) is 1.43. The fraction of sp³-hybridized carbons (Fsp3) is 0.533. The van der Waals surface area contributed by atoms with Gasteiger partial charge < -0.3 is 10.1 Å². The summed E-state index contributed by atoms with van der Waals surface area (Å²) in [5.41, 5.74) is -0.112. The second-order valence-corrected chi connectivity index (χ2v) is 6.56. The van der Waals surface area contributed by atoms with Crippen LogP contribution in [0.3, 0.4) is 0 Å². The molecule has 1 atom stereocenters. The maximum absolute atomic E-state index is 14.0. The first kappa shape index (κ1) is 15.1. The minimum atomic E-state index is -0.573. The van der Waals surface area contributed by atoms with Gasteiger partial charge in [0.25, 0.3) is 0 Å². The molecule has 0 saturated heterocycles. The summed E-state index contributed by atoms with van der Waals surface area (Å²) in [5, 5.41) is 3.11. The van der Waals surface area contributed by atoms with E-state index in [1.54, 1.807) is 32.9 Å². The fourth-order valence-corrected chi connectivity index (χ4v) is 2.23. The van der Waals surface area contributed by atoms with Gasteiger partial charge in [0.15, 0.2) is 0 Å². The van der Waals surface area contributed by atoms with E-state index in [0.29, 0.717) is 10.6 Å². The largest absolute Gasteiger partial charge is 0.444 e. The van der Waals surface area contributed by atoms with Crippen molar-refractivity contribution in [1.82, 2.24) is 5.32 Å². The Balaban J connectivity index is 2.13. The molecule has 1 aromatic rings. The molecule has 1 amide bonds. The highest BCUT2D eigenvalue weighted by atomic mass is 35.5. The lowest BCUT2D eigenvalue weighted by atomic mass is 10.0. The molecule has 0 heterocycles. The minimum absolute atomic E-state index is 0.262. The van der Waals surface area contributed by atoms with Crippen LogP contribution in [0.2, 0.25) is 5.02 Å². The van der Waals surface area contributed by atoms with Crippen LogP contribution < -0.4 is 5.32 Å². The highest BCUT2D eigenvalue weighted by Crippen LogP contribution is 2.42. The summed E-state index contributed by atoms with van der Waals surface area (Å²) in [5.74, 6) is -0.136. The molecule has 3 nitrogen and oxygen atoms in total. The van der Waals surface area contributed by atoms with Gasteiger partial charge in [-0.05, 0) is 51.7 Å². The molecule has 0 aromatic heterocycles. The quantitative estimate of drug-likeness (QED) is 0.895. The number of ether oxygens (including phenoxy) is 1. The first-order valence-electron chi connectivity index (χ1n) is 6.71. The molecule has 5 heteroatoms. The number of rotatable bonds is 3.